The highest BCUT2D eigenvalue weighted by Crippen LogP contribution is 2.26. The smallest absolute Gasteiger partial charge is 0.218 e. The van der Waals surface area contributed by atoms with Crippen molar-refractivity contribution >= 4 is 0 Å². The van der Waals surface area contributed by atoms with Crippen LogP contribution in [0.4, 0.5) is 0 Å². The summed E-state index contributed by atoms with van der Waals surface area (Å²) in [6, 6.07) is 3.69. The number of nitrogens with zero attached hydrogens (tertiary/aromatic N) is 1. The second kappa shape index (κ2) is 6.48. The summed E-state index contributed by atoms with van der Waals surface area (Å²) in [5.41, 5.74) is 0.786. The van der Waals surface area contributed by atoms with Crippen molar-refractivity contribution < 1.29 is 9.84 Å². The maximum absolute atomic E-state index is 10.0. The molecule has 1 atom stereocenters. The highest BCUT2D eigenvalue weighted by molar-refractivity contribution is 5.27. The summed E-state index contributed by atoms with van der Waals surface area (Å²) >= 11 is 0. The molecule has 0 aromatic carbocycles. The fourth-order valence-corrected chi connectivity index (χ4v) is 1.70. The number of hydrogen-bond donors (Lipinski definition) is 1. The molecule has 0 aliphatic carbocycles. The van der Waals surface area contributed by atoms with Crippen LogP contribution in [0.1, 0.15) is 44.8 Å². The highest BCUT2D eigenvalue weighted by Gasteiger charge is 2.13. The van der Waals surface area contributed by atoms with Gasteiger partial charge in [0.25, 0.3) is 0 Å². The van der Waals surface area contributed by atoms with Crippen LogP contribution in [0.2, 0.25) is 0 Å². The van der Waals surface area contributed by atoms with Crippen molar-refractivity contribution in [2.24, 2.45) is 5.92 Å². The lowest BCUT2D eigenvalue weighted by Crippen LogP contribution is -2.02. The number of aliphatic hydroxyl groups excluding tert-OH is 1. The first-order chi connectivity index (χ1) is 7.65. The van der Waals surface area contributed by atoms with E-state index in [1.807, 2.05) is 12.1 Å². The van der Waals surface area contributed by atoms with Crippen LogP contribution in [-0.4, -0.2) is 17.2 Å². The fourth-order valence-electron chi connectivity index (χ4n) is 1.70. The normalized spacial score (nSPS) is 12.8. The van der Waals surface area contributed by atoms with Gasteiger partial charge in [-0.25, -0.2) is 4.98 Å². The minimum atomic E-state index is -0.470. The van der Waals surface area contributed by atoms with Crippen molar-refractivity contribution in [3.63, 3.8) is 0 Å². The molecule has 0 amide bonds. The van der Waals surface area contributed by atoms with Crippen LogP contribution in [-0.2, 0) is 0 Å². The van der Waals surface area contributed by atoms with Crippen LogP contribution in [0.3, 0.4) is 0 Å². The Morgan fingerprint density at radius 1 is 1.38 bits per heavy atom. The van der Waals surface area contributed by atoms with Gasteiger partial charge in [-0.15, -0.1) is 0 Å². The Bertz CT molecular complexity index is 313. The van der Waals surface area contributed by atoms with Crippen LogP contribution in [0.25, 0.3) is 0 Å². The molecule has 0 saturated carbocycles. The molecule has 1 heterocycles. The zero-order valence-corrected chi connectivity index (χ0v) is 10.3. The molecular formula is C13H21NO2. The minimum Gasteiger partial charge on any atom is -0.481 e. The van der Waals surface area contributed by atoms with Crippen molar-refractivity contribution in [1.29, 1.82) is 0 Å². The van der Waals surface area contributed by atoms with E-state index in [0.29, 0.717) is 11.8 Å². The third-order valence-corrected chi connectivity index (χ3v) is 2.61. The first-order valence-electron chi connectivity index (χ1n) is 5.82. The van der Waals surface area contributed by atoms with Crippen LogP contribution in [0.5, 0.6) is 5.88 Å². The van der Waals surface area contributed by atoms with Crippen LogP contribution in [0, 0.1) is 5.92 Å². The number of rotatable bonds is 6. The van der Waals surface area contributed by atoms with Gasteiger partial charge in [-0.05, 0) is 24.5 Å². The Hall–Kier alpha value is -1.09. The lowest BCUT2D eigenvalue weighted by molar-refractivity contribution is 0.157. The van der Waals surface area contributed by atoms with E-state index in [1.54, 1.807) is 13.3 Å². The molecule has 3 nitrogen and oxygen atoms in total. The second-order valence-electron chi connectivity index (χ2n) is 4.44. The van der Waals surface area contributed by atoms with Gasteiger partial charge in [-0.1, -0.05) is 26.7 Å². The van der Waals surface area contributed by atoms with Gasteiger partial charge >= 0.3 is 0 Å². The molecule has 0 spiro atoms. The summed E-state index contributed by atoms with van der Waals surface area (Å²) in [5, 5.41) is 10.0. The molecule has 16 heavy (non-hydrogen) atoms. The fraction of sp³-hybridized carbons (Fsp3) is 0.615. The van der Waals surface area contributed by atoms with E-state index in [1.165, 1.54) is 0 Å². The molecule has 1 unspecified atom stereocenters. The van der Waals surface area contributed by atoms with E-state index in [4.69, 9.17) is 4.74 Å². The molecule has 3 heteroatoms. The van der Waals surface area contributed by atoms with Gasteiger partial charge in [-0.3, -0.25) is 0 Å². The summed E-state index contributed by atoms with van der Waals surface area (Å²) in [6.07, 6.45) is 4.13. The maximum atomic E-state index is 10.0. The molecule has 0 aliphatic heterocycles. The second-order valence-corrected chi connectivity index (χ2v) is 4.44. The quantitative estimate of drug-likeness (QED) is 0.806. The third-order valence-electron chi connectivity index (χ3n) is 2.61. The van der Waals surface area contributed by atoms with E-state index in [0.717, 1.165) is 24.8 Å². The maximum Gasteiger partial charge on any atom is 0.218 e. The molecule has 1 aromatic heterocycles. The predicted molar refractivity (Wildman–Crippen MR) is 64.4 cm³/mol. The number of aromatic nitrogens is 1. The van der Waals surface area contributed by atoms with E-state index >= 15 is 0 Å². The molecule has 0 aliphatic rings. The van der Waals surface area contributed by atoms with Crippen molar-refractivity contribution in [1.82, 2.24) is 4.98 Å². The van der Waals surface area contributed by atoms with Crippen molar-refractivity contribution in [2.75, 3.05) is 7.11 Å². The standard InChI is InChI=1S/C13H21NO2/c1-10(2)6-4-8-12(15)11-7-5-9-14-13(11)16-3/h5,7,9-10,12,15H,4,6,8H2,1-3H3. The summed E-state index contributed by atoms with van der Waals surface area (Å²) in [7, 11) is 1.58. The minimum absolute atomic E-state index is 0.470. The monoisotopic (exact) mass is 223 g/mol. The van der Waals surface area contributed by atoms with Gasteiger partial charge in [0.15, 0.2) is 0 Å². The molecule has 1 N–H and O–H groups in total. The van der Waals surface area contributed by atoms with E-state index in [-0.39, 0.29) is 0 Å². The number of ether oxygens (including phenoxy) is 1. The lowest BCUT2D eigenvalue weighted by atomic mass is 10.0. The van der Waals surface area contributed by atoms with E-state index in [2.05, 4.69) is 18.8 Å². The topological polar surface area (TPSA) is 42.4 Å². The van der Waals surface area contributed by atoms with Gasteiger partial charge in [0.2, 0.25) is 5.88 Å². The Kier molecular flexibility index (Phi) is 5.26. The molecule has 0 fully saturated rings. The lowest BCUT2D eigenvalue weighted by Gasteiger charge is -2.14. The number of aliphatic hydroxyl groups is 1. The Labute approximate surface area is 97.5 Å². The molecule has 1 aromatic rings. The molecule has 1 rings (SSSR count). The Morgan fingerprint density at radius 3 is 2.75 bits per heavy atom. The zero-order chi connectivity index (χ0) is 12.0. The SMILES string of the molecule is COc1ncccc1C(O)CCCC(C)C. The molecule has 0 radical (unpaired) electrons. The molecule has 0 bridgehead atoms. The van der Waals surface area contributed by atoms with E-state index < -0.39 is 6.10 Å². The summed E-state index contributed by atoms with van der Waals surface area (Å²) < 4.78 is 5.12. The average molecular weight is 223 g/mol. The van der Waals surface area contributed by atoms with Crippen LogP contribution >= 0.6 is 0 Å². The van der Waals surface area contributed by atoms with Crippen LogP contribution in [0.15, 0.2) is 18.3 Å². The van der Waals surface area contributed by atoms with Crippen molar-refractivity contribution in [2.45, 2.75) is 39.2 Å². The Morgan fingerprint density at radius 2 is 2.12 bits per heavy atom. The summed E-state index contributed by atoms with van der Waals surface area (Å²) in [4.78, 5) is 4.08. The number of hydrogen-bond acceptors (Lipinski definition) is 3. The van der Waals surface area contributed by atoms with Crippen molar-refractivity contribution in [3.8, 4) is 5.88 Å². The highest BCUT2D eigenvalue weighted by atomic mass is 16.5. The van der Waals surface area contributed by atoms with E-state index in [9.17, 15) is 5.11 Å². The first kappa shape index (κ1) is 13.0. The first-order valence-corrected chi connectivity index (χ1v) is 5.82. The molecule has 0 saturated heterocycles. The summed E-state index contributed by atoms with van der Waals surface area (Å²) in [6.45, 7) is 4.38. The predicted octanol–water partition coefficient (Wildman–Crippen LogP) is 2.95. The molecular weight excluding hydrogens is 202 g/mol. The third kappa shape index (κ3) is 3.81. The average Bonchev–Trinajstić information content (AvgIpc) is 2.28. The van der Waals surface area contributed by atoms with Gasteiger partial charge < -0.3 is 9.84 Å². The summed E-state index contributed by atoms with van der Waals surface area (Å²) in [5.74, 6) is 1.21. The number of pyridine rings is 1. The largest absolute Gasteiger partial charge is 0.481 e. The zero-order valence-electron chi connectivity index (χ0n) is 10.3. The van der Waals surface area contributed by atoms with Crippen LogP contribution < -0.4 is 4.74 Å². The van der Waals surface area contributed by atoms with Gasteiger partial charge in [0, 0.05) is 11.8 Å². The van der Waals surface area contributed by atoms with Gasteiger partial charge in [0.1, 0.15) is 0 Å². The van der Waals surface area contributed by atoms with Crippen molar-refractivity contribution in [3.05, 3.63) is 23.9 Å². The van der Waals surface area contributed by atoms with Gasteiger partial charge in [-0.2, -0.15) is 0 Å². The molecule has 90 valence electrons. The van der Waals surface area contributed by atoms with Gasteiger partial charge in [0.05, 0.1) is 13.2 Å². The Balaban J connectivity index is 2.55. The number of methoxy groups -OCH3 is 1.